The van der Waals surface area contributed by atoms with Crippen LogP contribution in [0.1, 0.15) is 19.8 Å². The fraction of sp³-hybridized carbons (Fsp3) is 0.625. The molecule has 1 saturated heterocycles. The van der Waals surface area contributed by atoms with E-state index >= 15 is 0 Å². The van der Waals surface area contributed by atoms with Crippen LogP contribution in [0.2, 0.25) is 5.02 Å². The molecule has 0 aromatic heterocycles. The van der Waals surface area contributed by atoms with Crippen molar-refractivity contribution in [3.8, 4) is 5.75 Å². The molecule has 1 heterocycles. The molecule has 0 spiro atoms. The van der Waals surface area contributed by atoms with Gasteiger partial charge >= 0.3 is 0 Å². The first-order valence-corrected chi connectivity index (χ1v) is 7.97. The summed E-state index contributed by atoms with van der Waals surface area (Å²) in [6, 6.07) is 7.57. The van der Waals surface area contributed by atoms with E-state index in [1.165, 1.54) is 32.5 Å². The van der Waals surface area contributed by atoms with Gasteiger partial charge in [-0.3, -0.25) is 4.90 Å². The van der Waals surface area contributed by atoms with Crippen molar-refractivity contribution in [2.24, 2.45) is 5.92 Å². The summed E-state index contributed by atoms with van der Waals surface area (Å²) >= 11 is 5.86. The van der Waals surface area contributed by atoms with Crippen molar-refractivity contribution in [2.75, 3.05) is 39.3 Å². The molecular weight excluding hydrogens is 272 g/mol. The fourth-order valence-corrected chi connectivity index (χ4v) is 2.76. The normalized spacial score (nSPS) is 16.6. The first-order chi connectivity index (χ1) is 9.78. The third kappa shape index (κ3) is 5.31. The second-order valence-corrected chi connectivity index (χ2v) is 5.83. The Morgan fingerprint density at radius 2 is 1.95 bits per heavy atom. The van der Waals surface area contributed by atoms with Gasteiger partial charge in [0.1, 0.15) is 12.4 Å². The molecule has 1 fully saturated rings. The first-order valence-electron chi connectivity index (χ1n) is 7.59. The van der Waals surface area contributed by atoms with E-state index in [9.17, 15) is 0 Å². The quantitative estimate of drug-likeness (QED) is 0.837. The average molecular weight is 297 g/mol. The van der Waals surface area contributed by atoms with E-state index in [2.05, 4.69) is 17.1 Å². The predicted molar refractivity (Wildman–Crippen MR) is 84.7 cm³/mol. The van der Waals surface area contributed by atoms with Gasteiger partial charge in [0.15, 0.2) is 0 Å². The summed E-state index contributed by atoms with van der Waals surface area (Å²) in [4.78, 5) is 2.49. The van der Waals surface area contributed by atoms with Crippen LogP contribution in [0.5, 0.6) is 5.75 Å². The van der Waals surface area contributed by atoms with Gasteiger partial charge in [-0.2, -0.15) is 0 Å². The third-order valence-corrected chi connectivity index (χ3v) is 4.16. The van der Waals surface area contributed by atoms with Crippen molar-refractivity contribution in [1.82, 2.24) is 10.2 Å². The van der Waals surface area contributed by atoms with Crippen molar-refractivity contribution in [2.45, 2.75) is 19.8 Å². The van der Waals surface area contributed by atoms with Gasteiger partial charge in [-0.05, 0) is 62.7 Å². The van der Waals surface area contributed by atoms with Crippen molar-refractivity contribution < 1.29 is 4.74 Å². The molecule has 0 unspecified atom stereocenters. The van der Waals surface area contributed by atoms with Crippen LogP contribution in [0.4, 0.5) is 0 Å². The molecule has 1 aromatic carbocycles. The Kier molecular flexibility index (Phi) is 6.64. The lowest BCUT2D eigenvalue weighted by molar-refractivity contribution is 0.178. The maximum Gasteiger partial charge on any atom is 0.119 e. The first kappa shape index (κ1) is 15.6. The number of hydrogen-bond acceptors (Lipinski definition) is 3. The molecule has 1 aliphatic heterocycles. The Morgan fingerprint density at radius 3 is 2.60 bits per heavy atom. The van der Waals surface area contributed by atoms with Crippen LogP contribution >= 0.6 is 11.6 Å². The van der Waals surface area contributed by atoms with E-state index in [1.807, 2.05) is 24.3 Å². The molecule has 20 heavy (non-hydrogen) atoms. The lowest BCUT2D eigenvalue weighted by atomic mass is 9.97. The van der Waals surface area contributed by atoms with Gasteiger partial charge in [-0.1, -0.05) is 18.5 Å². The summed E-state index contributed by atoms with van der Waals surface area (Å²) in [7, 11) is 0. The highest BCUT2D eigenvalue weighted by atomic mass is 35.5. The summed E-state index contributed by atoms with van der Waals surface area (Å²) < 4.78 is 5.77. The zero-order chi connectivity index (χ0) is 14.2. The Morgan fingerprint density at radius 1 is 1.25 bits per heavy atom. The number of likely N-dealkylation sites (N-methyl/N-ethyl adjacent to an activating group) is 1. The van der Waals surface area contributed by atoms with E-state index in [0.29, 0.717) is 0 Å². The topological polar surface area (TPSA) is 24.5 Å². The molecule has 0 saturated carbocycles. The Labute approximate surface area is 127 Å². The van der Waals surface area contributed by atoms with Gasteiger partial charge in [0.25, 0.3) is 0 Å². The summed E-state index contributed by atoms with van der Waals surface area (Å²) in [6.45, 7) is 8.58. The molecule has 0 radical (unpaired) electrons. The van der Waals surface area contributed by atoms with Crippen LogP contribution in [0.15, 0.2) is 24.3 Å². The summed E-state index contributed by atoms with van der Waals surface area (Å²) in [5.41, 5.74) is 0. The van der Waals surface area contributed by atoms with Gasteiger partial charge in [0.05, 0.1) is 0 Å². The predicted octanol–water partition coefficient (Wildman–Crippen LogP) is 3.04. The second-order valence-electron chi connectivity index (χ2n) is 5.39. The van der Waals surface area contributed by atoms with Crippen LogP contribution in [0.3, 0.4) is 0 Å². The number of hydrogen-bond donors (Lipinski definition) is 1. The second kappa shape index (κ2) is 8.50. The lowest BCUT2D eigenvalue weighted by Crippen LogP contribution is -2.37. The van der Waals surface area contributed by atoms with Crippen molar-refractivity contribution >= 4 is 11.6 Å². The van der Waals surface area contributed by atoms with Crippen molar-refractivity contribution in [3.63, 3.8) is 0 Å². The molecule has 0 aliphatic carbocycles. The van der Waals surface area contributed by atoms with E-state index < -0.39 is 0 Å². The van der Waals surface area contributed by atoms with E-state index in [1.54, 1.807) is 0 Å². The minimum Gasteiger partial charge on any atom is -0.492 e. The number of piperidine rings is 1. The van der Waals surface area contributed by atoms with Crippen LogP contribution < -0.4 is 10.1 Å². The maximum atomic E-state index is 5.86. The molecule has 3 nitrogen and oxygen atoms in total. The van der Waals surface area contributed by atoms with Crippen LogP contribution in [-0.2, 0) is 0 Å². The molecule has 2 rings (SSSR count). The van der Waals surface area contributed by atoms with Gasteiger partial charge < -0.3 is 10.1 Å². The Bertz CT molecular complexity index is 377. The zero-order valence-electron chi connectivity index (χ0n) is 12.3. The number of halogens is 1. The number of nitrogens with zero attached hydrogens (tertiary/aromatic N) is 1. The number of rotatable bonds is 7. The minimum atomic E-state index is 0.737. The molecule has 1 N–H and O–H groups in total. The summed E-state index contributed by atoms with van der Waals surface area (Å²) in [6.07, 6.45) is 2.60. The zero-order valence-corrected chi connectivity index (χ0v) is 13.0. The number of nitrogens with one attached hydrogen (secondary N) is 1. The SMILES string of the molecule is CCN(CCOc1ccc(Cl)cc1)CC1CCNCC1. The molecule has 0 bridgehead atoms. The highest BCUT2D eigenvalue weighted by Crippen LogP contribution is 2.16. The van der Waals surface area contributed by atoms with E-state index in [4.69, 9.17) is 16.3 Å². The third-order valence-electron chi connectivity index (χ3n) is 3.91. The molecule has 1 aromatic rings. The number of ether oxygens (including phenoxy) is 1. The van der Waals surface area contributed by atoms with Gasteiger partial charge in [-0.25, -0.2) is 0 Å². The highest BCUT2D eigenvalue weighted by molar-refractivity contribution is 6.30. The van der Waals surface area contributed by atoms with Crippen molar-refractivity contribution in [1.29, 1.82) is 0 Å². The van der Waals surface area contributed by atoms with Crippen LogP contribution in [-0.4, -0.2) is 44.2 Å². The van der Waals surface area contributed by atoms with E-state index in [0.717, 1.165) is 36.4 Å². The molecular formula is C16H25ClN2O. The molecule has 4 heteroatoms. The minimum absolute atomic E-state index is 0.737. The summed E-state index contributed by atoms with van der Waals surface area (Å²) in [5.74, 6) is 1.74. The largest absolute Gasteiger partial charge is 0.492 e. The van der Waals surface area contributed by atoms with Gasteiger partial charge in [-0.15, -0.1) is 0 Å². The average Bonchev–Trinajstić information content (AvgIpc) is 2.49. The van der Waals surface area contributed by atoms with E-state index in [-0.39, 0.29) is 0 Å². The number of benzene rings is 1. The van der Waals surface area contributed by atoms with Crippen LogP contribution in [0.25, 0.3) is 0 Å². The molecule has 1 aliphatic rings. The van der Waals surface area contributed by atoms with Crippen LogP contribution in [0, 0.1) is 5.92 Å². The maximum absolute atomic E-state index is 5.86. The van der Waals surface area contributed by atoms with Gasteiger partial charge in [0.2, 0.25) is 0 Å². The fourth-order valence-electron chi connectivity index (χ4n) is 2.63. The Balaban J connectivity index is 1.68. The standard InChI is InChI=1S/C16H25ClN2O/c1-2-19(13-14-7-9-18-10-8-14)11-12-20-16-5-3-15(17)4-6-16/h3-6,14,18H,2,7-13H2,1H3. The monoisotopic (exact) mass is 296 g/mol. The lowest BCUT2D eigenvalue weighted by Gasteiger charge is -2.29. The van der Waals surface area contributed by atoms with Gasteiger partial charge in [0, 0.05) is 18.1 Å². The molecule has 112 valence electrons. The summed E-state index contributed by atoms with van der Waals surface area (Å²) in [5, 5.41) is 4.17. The Hall–Kier alpha value is -0.770. The smallest absolute Gasteiger partial charge is 0.119 e. The molecule has 0 atom stereocenters. The molecule has 0 amide bonds. The van der Waals surface area contributed by atoms with Crippen molar-refractivity contribution in [3.05, 3.63) is 29.3 Å². The highest BCUT2D eigenvalue weighted by Gasteiger charge is 2.15.